The van der Waals surface area contributed by atoms with Crippen LogP contribution in [0.3, 0.4) is 0 Å². The first-order valence-electron chi connectivity index (χ1n) is 6.00. The van der Waals surface area contributed by atoms with Crippen LogP contribution in [0.25, 0.3) is 17.8 Å². The maximum absolute atomic E-state index is 4.02. The fraction of sp³-hybridized carbons (Fsp3) is 0. The zero-order valence-corrected chi connectivity index (χ0v) is 10.2. The van der Waals surface area contributed by atoms with Gasteiger partial charge in [0.25, 0.3) is 0 Å². The number of para-hydroxylation sites is 1. The molecule has 0 spiro atoms. The maximum Gasteiger partial charge on any atom is 0.179 e. The third-order valence-electron chi connectivity index (χ3n) is 2.72. The molecule has 0 aliphatic carbocycles. The average molecular weight is 248 g/mol. The Morgan fingerprint density at radius 2 is 1.47 bits per heavy atom. The van der Waals surface area contributed by atoms with Crippen LogP contribution in [0.5, 0.6) is 0 Å². The van der Waals surface area contributed by atoms with E-state index in [9.17, 15) is 0 Å². The molecule has 0 aliphatic rings. The molecule has 0 radical (unpaired) electrons. The number of tetrazole rings is 1. The Balaban J connectivity index is 1.91. The van der Waals surface area contributed by atoms with Crippen molar-refractivity contribution in [3.63, 3.8) is 0 Å². The summed E-state index contributed by atoms with van der Waals surface area (Å²) in [6.07, 6.45) is 3.90. The lowest BCUT2D eigenvalue weighted by molar-refractivity contribution is 0.787. The van der Waals surface area contributed by atoms with Crippen molar-refractivity contribution >= 4 is 12.2 Å². The Labute approximate surface area is 111 Å². The smallest absolute Gasteiger partial charge is 0.179 e. The van der Waals surface area contributed by atoms with E-state index >= 15 is 0 Å². The van der Waals surface area contributed by atoms with E-state index in [1.807, 2.05) is 72.8 Å². The normalized spacial score (nSPS) is 10.9. The summed E-state index contributed by atoms with van der Waals surface area (Å²) in [6, 6.07) is 19.9. The molecule has 1 aromatic heterocycles. The van der Waals surface area contributed by atoms with Crippen molar-refractivity contribution in [2.75, 3.05) is 0 Å². The molecule has 0 fully saturated rings. The van der Waals surface area contributed by atoms with E-state index in [0.29, 0.717) is 5.82 Å². The monoisotopic (exact) mass is 248 g/mol. The van der Waals surface area contributed by atoms with Crippen LogP contribution in [0.4, 0.5) is 0 Å². The van der Waals surface area contributed by atoms with Gasteiger partial charge in [-0.15, -0.1) is 5.10 Å². The zero-order chi connectivity index (χ0) is 12.9. The Bertz CT molecular complexity index is 672. The number of rotatable bonds is 3. The molecule has 3 aromatic rings. The standard InChI is InChI=1S/C15H12N4/c1-3-7-13(8-4-1)11-12-15-16-17-18-19(15)14-9-5-2-6-10-14/h1-12H. The lowest BCUT2D eigenvalue weighted by atomic mass is 10.2. The lowest BCUT2D eigenvalue weighted by Crippen LogP contribution is -1.98. The van der Waals surface area contributed by atoms with Crippen LogP contribution in [0.1, 0.15) is 11.4 Å². The SMILES string of the molecule is C(=Cc1nnnn1-c1ccccc1)c1ccccc1. The van der Waals surface area contributed by atoms with Gasteiger partial charge < -0.3 is 0 Å². The third-order valence-corrected chi connectivity index (χ3v) is 2.72. The highest BCUT2D eigenvalue weighted by Crippen LogP contribution is 2.10. The highest BCUT2D eigenvalue weighted by Gasteiger charge is 2.03. The molecule has 0 saturated carbocycles. The number of benzene rings is 2. The molecule has 0 bridgehead atoms. The van der Waals surface area contributed by atoms with Crippen molar-refractivity contribution in [2.24, 2.45) is 0 Å². The van der Waals surface area contributed by atoms with E-state index in [-0.39, 0.29) is 0 Å². The second-order valence-electron chi connectivity index (χ2n) is 4.03. The minimum absolute atomic E-state index is 0.704. The third kappa shape index (κ3) is 2.57. The summed E-state index contributed by atoms with van der Waals surface area (Å²) in [7, 11) is 0. The molecular formula is C15H12N4. The Morgan fingerprint density at radius 3 is 2.21 bits per heavy atom. The lowest BCUT2D eigenvalue weighted by Gasteiger charge is -2.00. The van der Waals surface area contributed by atoms with Crippen LogP contribution < -0.4 is 0 Å². The minimum Gasteiger partial charge on any atom is -0.193 e. The van der Waals surface area contributed by atoms with Crippen LogP contribution in [-0.2, 0) is 0 Å². The van der Waals surface area contributed by atoms with Crippen molar-refractivity contribution in [1.29, 1.82) is 0 Å². The highest BCUT2D eigenvalue weighted by molar-refractivity contribution is 5.67. The zero-order valence-electron chi connectivity index (χ0n) is 10.2. The van der Waals surface area contributed by atoms with Gasteiger partial charge in [-0.1, -0.05) is 54.6 Å². The largest absolute Gasteiger partial charge is 0.193 e. The molecule has 0 unspecified atom stereocenters. The predicted molar refractivity (Wildman–Crippen MR) is 74.5 cm³/mol. The molecule has 3 rings (SSSR count). The Hall–Kier alpha value is -2.75. The van der Waals surface area contributed by atoms with E-state index < -0.39 is 0 Å². The number of hydrogen-bond acceptors (Lipinski definition) is 3. The van der Waals surface area contributed by atoms with Gasteiger partial charge in [0.1, 0.15) is 0 Å². The van der Waals surface area contributed by atoms with E-state index in [0.717, 1.165) is 11.3 Å². The fourth-order valence-electron chi connectivity index (χ4n) is 1.79. The minimum atomic E-state index is 0.704. The molecule has 0 atom stereocenters. The van der Waals surface area contributed by atoms with E-state index in [1.54, 1.807) is 4.68 Å². The van der Waals surface area contributed by atoms with Gasteiger partial charge >= 0.3 is 0 Å². The Kier molecular flexibility index (Phi) is 3.14. The summed E-state index contributed by atoms with van der Waals surface area (Å²) in [5, 5.41) is 11.7. The molecule has 4 heteroatoms. The molecule has 1 heterocycles. The van der Waals surface area contributed by atoms with Crippen LogP contribution in [0.2, 0.25) is 0 Å². The summed E-state index contributed by atoms with van der Waals surface area (Å²) < 4.78 is 1.71. The van der Waals surface area contributed by atoms with E-state index in [2.05, 4.69) is 15.5 Å². The van der Waals surface area contributed by atoms with Gasteiger partial charge in [-0.2, -0.15) is 4.68 Å². The van der Waals surface area contributed by atoms with Crippen LogP contribution in [0.15, 0.2) is 60.7 Å². The molecular weight excluding hydrogens is 236 g/mol. The Morgan fingerprint density at radius 1 is 0.789 bits per heavy atom. The van der Waals surface area contributed by atoms with Crippen LogP contribution in [0, 0.1) is 0 Å². The maximum atomic E-state index is 4.02. The molecule has 2 aromatic carbocycles. The van der Waals surface area contributed by atoms with Crippen LogP contribution >= 0.6 is 0 Å². The van der Waals surface area contributed by atoms with Crippen LogP contribution in [-0.4, -0.2) is 20.2 Å². The van der Waals surface area contributed by atoms with E-state index in [4.69, 9.17) is 0 Å². The van der Waals surface area contributed by atoms with Gasteiger partial charge in [-0.05, 0) is 34.2 Å². The van der Waals surface area contributed by atoms with Crippen molar-refractivity contribution in [3.8, 4) is 5.69 Å². The van der Waals surface area contributed by atoms with Crippen molar-refractivity contribution in [1.82, 2.24) is 20.2 Å². The molecule has 92 valence electrons. The van der Waals surface area contributed by atoms with Gasteiger partial charge in [-0.25, -0.2) is 0 Å². The number of nitrogens with zero attached hydrogens (tertiary/aromatic N) is 4. The summed E-state index contributed by atoms with van der Waals surface area (Å²) in [4.78, 5) is 0. The predicted octanol–water partition coefficient (Wildman–Crippen LogP) is 2.83. The molecule has 4 nitrogen and oxygen atoms in total. The quantitative estimate of drug-likeness (QED) is 0.715. The summed E-state index contributed by atoms with van der Waals surface area (Å²) >= 11 is 0. The molecule has 0 saturated heterocycles. The van der Waals surface area contributed by atoms with Gasteiger partial charge in [-0.3, -0.25) is 0 Å². The van der Waals surface area contributed by atoms with Crippen molar-refractivity contribution in [3.05, 3.63) is 72.1 Å². The highest BCUT2D eigenvalue weighted by atomic mass is 15.5. The first kappa shape index (κ1) is 11.3. The number of hydrogen-bond donors (Lipinski definition) is 0. The summed E-state index contributed by atoms with van der Waals surface area (Å²) in [5.74, 6) is 0.704. The molecule has 0 N–H and O–H groups in total. The van der Waals surface area contributed by atoms with Crippen molar-refractivity contribution < 1.29 is 0 Å². The average Bonchev–Trinajstić information content (AvgIpc) is 2.95. The van der Waals surface area contributed by atoms with Gasteiger partial charge in [0.2, 0.25) is 0 Å². The van der Waals surface area contributed by atoms with Gasteiger partial charge in [0.05, 0.1) is 5.69 Å². The topological polar surface area (TPSA) is 43.6 Å². The van der Waals surface area contributed by atoms with Gasteiger partial charge in [0, 0.05) is 0 Å². The second kappa shape index (κ2) is 5.27. The molecule has 19 heavy (non-hydrogen) atoms. The summed E-state index contributed by atoms with van der Waals surface area (Å²) in [5.41, 5.74) is 2.06. The van der Waals surface area contributed by atoms with Gasteiger partial charge in [0.15, 0.2) is 5.82 Å². The molecule has 0 aliphatic heterocycles. The summed E-state index contributed by atoms with van der Waals surface area (Å²) in [6.45, 7) is 0. The fourth-order valence-corrected chi connectivity index (χ4v) is 1.79. The first-order valence-corrected chi connectivity index (χ1v) is 6.00. The number of aromatic nitrogens is 4. The van der Waals surface area contributed by atoms with Crippen molar-refractivity contribution in [2.45, 2.75) is 0 Å². The second-order valence-corrected chi connectivity index (χ2v) is 4.03. The van der Waals surface area contributed by atoms with E-state index in [1.165, 1.54) is 0 Å². The molecule has 0 amide bonds. The first-order chi connectivity index (χ1) is 9.43.